The molecule has 0 aromatic heterocycles. The van der Waals surface area contributed by atoms with Crippen molar-refractivity contribution in [3.63, 3.8) is 0 Å². The average molecular weight is 384 g/mol. The number of hydrogen-bond donors (Lipinski definition) is 1. The predicted octanol–water partition coefficient (Wildman–Crippen LogP) is 3.72. The van der Waals surface area contributed by atoms with Gasteiger partial charge < -0.3 is 4.74 Å². The Morgan fingerprint density at radius 2 is 1.84 bits per heavy atom. The van der Waals surface area contributed by atoms with E-state index in [9.17, 15) is 12.8 Å². The molecule has 0 heterocycles. The number of halogens is 2. The number of rotatable bonds is 6. The topological polar surface area (TPSA) is 55.4 Å². The van der Waals surface area contributed by atoms with Crippen molar-refractivity contribution < 1.29 is 17.5 Å². The van der Waals surface area contributed by atoms with Gasteiger partial charge in [0.25, 0.3) is 0 Å². The fraction of sp³-hybridized carbons (Fsp3) is 0.333. The van der Waals surface area contributed by atoms with Gasteiger partial charge in [0.05, 0.1) is 9.92 Å². The Kier molecular flexibility index (Phi) is 5.61. The van der Waals surface area contributed by atoms with Crippen molar-refractivity contribution in [1.82, 2.24) is 4.72 Å². The smallest absolute Gasteiger partial charge is 0.240 e. The van der Waals surface area contributed by atoms with Crippen LogP contribution in [0, 0.1) is 5.82 Å². The van der Waals surface area contributed by atoms with Crippen LogP contribution in [0.5, 0.6) is 5.75 Å². The van der Waals surface area contributed by atoms with Gasteiger partial charge in [-0.15, -0.1) is 0 Å². The lowest BCUT2D eigenvalue weighted by Gasteiger charge is -2.17. The Morgan fingerprint density at radius 3 is 2.60 bits per heavy atom. The molecule has 4 nitrogen and oxygen atoms in total. The molecule has 0 saturated carbocycles. The number of hydrogen-bond acceptors (Lipinski definition) is 3. The highest BCUT2D eigenvalue weighted by atomic mass is 35.5. The van der Waals surface area contributed by atoms with Crippen LogP contribution in [0.4, 0.5) is 4.39 Å². The van der Waals surface area contributed by atoms with E-state index in [2.05, 4.69) is 4.72 Å². The molecule has 0 spiro atoms. The summed E-state index contributed by atoms with van der Waals surface area (Å²) in [5.41, 5.74) is 2.35. The Hall–Kier alpha value is -1.63. The quantitative estimate of drug-likeness (QED) is 0.773. The summed E-state index contributed by atoms with van der Waals surface area (Å²) in [6.45, 7) is 0.183. The van der Waals surface area contributed by atoms with Crippen molar-refractivity contribution in [3.8, 4) is 5.75 Å². The van der Waals surface area contributed by atoms with E-state index in [1.165, 1.54) is 17.7 Å². The summed E-state index contributed by atoms with van der Waals surface area (Å²) >= 11 is 5.86. The molecular weight excluding hydrogens is 365 g/mol. The lowest BCUT2D eigenvalue weighted by molar-refractivity contribution is 0.322. The molecule has 3 rings (SSSR count). The molecule has 0 unspecified atom stereocenters. The number of ether oxygens (including phenoxy) is 1. The monoisotopic (exact) mass is 383 g/mol. The van der Waals surface area contributed by atoms with E-state index in [0.717, 1.165) is 37.3 Å². The molecule has 0 aliphatic heterocycles. The summed E-state index contributed by atoms with van der Waals surface area (Å²) < 4.78 is 45.7. The van der Waals surface area contributed by atoms with Crippen LogP contribution in [-0.2, 0) is 22.9 Å². The lowest BCUT2D eigenvalue weighted by Crippen LogP contribution is -2.28. The second kappa shape index (κ2) is 7.72. The molecule has 1 aliphatic carbocycles. The van der Waals surface area contributed by atoms with Crippen molar-refractivity contribution >= 4 is 21.6 Å². The SMILES string of the molecule is O=S(=O)(NCCOc1ccc(F)cc1Cl)c1ccc2c(c1)CCCC2. The van der Waals surface area contributed by atoms with Crippen LogP contribution in [0.3, 0.4) is 0 Å². The van der Waals surface area contributed by atoms with Crippen molar-refractivity contribution in [2.45, 2.75) is 30.6 Å². The summed E-state index contributed by atoms with van der Waals surface area (Å²) in [6.07, 6.45) is 4.18. The second-order valence-electron chi connectivity index (χ2n) is 5.96. The van der Waals surface area contributed by atoms with Crippen LogP contribution in [0.2, 0.25) is 5.02 Å². The van der Waals surface area contributed by atoms with E-state index < -0.39 is 15.8 Å². The van der Waals surface area contributed by atoms with Crippen molar-refractivity contribution in [3.05, 3.63) is 58.4 Å². The van der Waals surface area contributed by atoms with Gasteiger partial charge in [0.1, 0.15) is 18.2 Å². The minimum absolute atomic E-state index is 0.0904. The van der Waals surface area contributed by atoms with Gasteiger partial charge in [-0.1, -0.05) is 17.7 Å². The zero-order valence-electron chi connectivity index (χ0n) is 13.6. The molecule has 25 heavy (non-hydrogen) atoms. The van der Waals surface area contributed by atoms with Crippen molar-refractivity contribution in [2.75, 3.05) is 13.2 Å². The maximum Gasteiger partial charge on any atom is 0.240 e. The highest BCUT2D eigenvalue weighted by Gasteiger charge is 2.17. The number of sulfonamides is 1. The van der Waals surface area contributed by atoms with E-state index in [-0.39, 0.29) is 23.1 Å². The van der Waals surface area contributed by atoms with E-state index in [4.69, 9.17) is 16.3 Å². The third-order valence-electron chi connectivity index (χ3n) is 4.18. The van der Waals surface area contributed by atoms with Gasteiger partial charge in [-0.2, -0.15) is 0 Å². The molecule has 0 atom stereocenters. The fourth-order valence-corrected chi connectivity index (χ4v) is 4.17. The highest BCUT2D eigenvalue weighted by molar-refractivity contribution is 7.89. The molecule has 2 aromatic carbocycles. The maximum atomic E-state index is 13.0. The Labute approximate surface area is 152 Å². The molecule has 2 aromatic rings. The number of nitrogens with one attached hydrogen (secondary N) is 1. The third-order valence-corrected chi connectivity index (χ3v) is 5.93. The van der Waals surface area contributed by atoms with Crippen LogP contribution in [-0.4, -0.2) is 21.6 Å². The molecular formula is C18H19ClFNO3S. The Bertz CT molecular complexity index is 871. The summed E-state index contributed by atoms with van der Waals surface area (Å²) in [6, 6.07) is 9.10. The van der Waals surface area contributed by atoms with Gasteiger partial charge in [-0.3, -0.25) is 0 Å². The molecule has 7 heteroatoms. The van der Waals surface area contributed by atoms with Gasteiger partial charge in [0, 0.05) is 6.54 Å². The maximum absolute atomic E-state index is 13.0. The standard InChI is InChI=1S/C18H19ClFNO3S/c19-17-12-15(20)6-8-18(17)24-10-9-21-25(22,23)16-7-5-13-3-1-2-4-14(13)11-16/h5-8,11-12,21H,1-4,9-10H2. The predicted molar refractivity (Wildman–Crippen MR) is 95.2 cm³/mol. The summed E-state index contributed by atoms with van der Waals surface area (Å²) in [4.78, 5) is 0.271. The molecule has 1 N–H and O–H groups in total. The lowest BCUT2D eigenvalue weighted by atomic mass is 9.92. The third kappa shape index (κ3) is 4.51. The van der Waals surface area contributed by atoms with Gasteiger partial charge in [-0.25, -0.2) is 17.5 Å². The molecule has 0 radical (unpaired) electrons. The minimum atomic E-state index is -3.59. The van der Waals surface area contributed by atoms with Gasteiger partial charge in [0.2, 0.25) is 10.0 Å². The summed E-state index contributed by atoms with van der Waals surface area (Å²) in [5, 5.41) is 0.151. The second-order valence-corrected chi connectivity index (χ2v) is 8.13. The minimum Gasteiger partial charge on any atom is -0.491 e. The molecule has 0 bridgehead atoms. The molecule has 0 amide bonds. The molecule has 1 aliphatic rings. The Balaban J connectivity index is 1.58. The molecule has 0 saturated heterocycles. The van der Waals surface area contributed by atoms with Crippen LogP contribution in [0.25, 0.3) is 0 Å². The number of fused-ring (bicyclic) bond motifs is 1. The van der Waals surface area contributed by atoms with Crippen LogP contribution >= 0.6 is 11.6 Å². The molecule has 0 fully saturated rings. The summed E-state index contributed by atoms with van der Waals surface area (Å²) in [7, 11) is -3.59. The number of benzene rings is 2. The first-order chi connectivity index (χ1) is 12.0. The molecule has 134 valence electrons. The highest BCUT2D eigenvalue weighted by Crippen LogP contribution is 2.25. The van der Waals surface area contributed by atoms with Gasteiger partial charge in [-0.05, 0) is 67.1 Å². The first-order valence-corrected chi connectivity index (χ1v) is 10.0. The average Bonchev–Trinajstić information content (AvgIpc) is 2.60. The van der Waals surface area contributed by atoms with Crippen LogP contribution in [0.1, 0.15) is 24.0 Å². The number of aryl methyl sites for hydroxylation is 2. The van der Waals surface area contributed by atoms with Crippen LogP contribution in [0.15, 0.2) is 41.3 Å². The van der Waals surface area contributed by atoms with E-state index in [1.54, 1.807) is 12.1 Å². The normalized spacial score (nSPS) is 14.2. The van der Waals surface area contributed by atoms with E-state index in [1.807, 2.05) is 6.07 Å². The van der Waals surface area contributed by atoms with Crippen LogP contribution < -0.4 is 9.46 Å². The zero-order valence-corrected chi connectivity index (χ0v) is 15.2. The first-order valence-electron chi connectivity index (χ1n) is 8.15. The Morgan fingerprint density at radius 1 is 1.08 bits per heavy atom. The summed E-state index contributed by atoms with van der Waals surface area (Å²) in [5.74, 6) is -0.137. The van der Waals surface area contributed by atoms with Gasteiger partial charge >= 0.3 is 0 Å². The zero-order chi connectivity index (χ0) is 17.9. The van der Waals surface area contributed by atoms with E-state index >= 15 is 0 Å². The largest absolute Gasteiger partial charge is 0.491 e. The van der Waals surface area contributed by atoms with Crippen molar-refractivity contribution in [1.29, 1.82) is 0 Å². The fourth-order valence-electron chi connectivity index (χ4n) is 2.89. The van der Waals surface area contributed by atoms with Crippen molar-refractivity contribution in [2.24, 2.45) is 0 Å². The van der Waals surface area contributed by atoms with E-state index in [0.29, 0.717) is 5.75 Å². The first kappa shape index (κ1) is 18.2. The van der Waals surface area contributed by atoms with Gasteiger partial charge in [0.15, 0.2) is 0 Å².